The molecule has 0 radical (unpaired) electrons. The molecule has 0 aromatic heterocycles. The highest BCUT2D eigenvalue weighted by Gasteiger charge is 2.02. The Morgan fingerprint density at radius 2 is 1.74 bits per heavy atom. The van der Waals surface area contributed by atoms with E-state index in [4.69, 9.17) is 0 Å². The van der Waals surface area contributed by atoms with Gasteiger partial charge in [0.2, 0.25) is 5.91 Å². The van der Waals surface area contributed by atoms with Gasteiger partial charge in [-0.15, -0.1) is 11.8 Å². The van der Waals surface area contributed by atoms with E-state index in [0.29, 0.717) is 12.3 Å². The standard InChI is InChI=1S/C15H14BrNOS/c16-13-6-8-14(9-7-13)19-11-15(18)17-10-12-4-2-1-3-5-12/h1-9H,10-11H2,(H,17,18). The summed E-state index contributed by atoms with van der Waals surface area (Å²) in [4.78, 5) is 12.8. The molecule has 2 aromatic carbocycles. The van der Waals surface area contributed by atoms with E-state index in [1.807, 2.05) is 54.6 Å². The number of nitrogens with one attached hydrogen (secondary N) is 1. The van der Waals surface area contributed by atoms with Gasteiger partial charge in [0.1, 0.15) is 0 Å². The zero-order valence-electron chi connectivity index (χ0n) is 10.3. The molecule has 0 heterocycles. The van der Waals surface area contributed by atoms with Crippen LogP contribution in [0.1, 0.15) is 5.56 Å². The predicted molar refractivity (Wildman–Crippen MR) is 83.2 cm³/mol. The molecule has 0 fully saturated rings. The van der Waals surface area contributed by atoms with Crippen molar-refractivity contribution in [2.75, 3.05) is 5.75 Å². The molecule has 2 aromatic rings. The lowest BCUT2D eigenvalue weighted by Gasteiger charge is -2.05. The van der Waals surface area contributed by atoms with E-state index >= 15 is 0 Å². The number of halogens is 1. The summed E-state index contributed by atoms with van der Waals surface area (Å²) in [6.07, 6.45) is 0. The zero-order chi connectivity index (χ0) is 13.5. The quantitative estimate of drug-likeness (QED) is 0.840. The molecule has 4 heteroatoms. The van der Waals surface area contributed by atoms with Crippen molar-refractivity contribution in [1.29, 1.82) is 0 Å². The van der Waals surface area contributed by atoms with Crippen LogP contribution < -0.4 is 5.32 Å². The first kappa shape index (κ1) is 14.2. The van der Waals surface area contributed by atoms with Crippen molar-refractivity contribution < 1.29 is 4.79 Å². The van der Waals surface area contributed by atoms with Crippen molar-refractivity contribution in [3.63, 3.8) is 0 Å². The summed E-state index contributed by atoms with van der Waals surface area (Å²) in [5, 5.41) is 2.91. The van der Waals surface area contributed by atoms with Crippen LogP contribution in [0.4, 0.5) is 0 Å². The SMILES string of the molecule is O=C(CSc1ccc(Br)cc1)NCc1ccccc1. The lowest BCUT2D eigenvalue weighted by atomic mass is 10.2. The monoisotopic (exact) mass is 335 g/mol. The Bertz CT molecular complexity index is 528. The maximum atomic E-state index is 11.7. The minimum atomic E-state index is 0.0526. The number of carbonyl (C=O) groups excluding carboxylic acids is 1. The molecule has 0 aliphatic rings. The van der Waals surface area contributed by atoms with Gasteiger partial charge < -0.3 is 5.32 Å². The van der Waals surface area contributed by atoms with Crippen molar-refractivity contribution in [3.05, 3.63) is 64.6 Å². The number of benzene rings is 2. The first-order chi connectivity index (χ1) is 9.24. The normalized spacial score (nSPS) is 10.2. The van der Waals surface area contributed by atoms with Gasteiger partial charge >= 0.3 is 0 Å². The van der Waals surface area contributed by atoms with Crippen LogP contribution in [-0.2, 0) is 11.3 Å². The summed E-state index contributed by atoms with van der Waals surface area (Å²) < 4.78 is 1.05. The van der Waals surface area contributed by atoms with E-state index < -0.39 is 0 Å². The molecule has 0 unspecified atom stereocenters. The number of thioether (sulfide) groups is 1. The van der Waals surface area contributed by atoms with Crippen LogP contribution >= 0.6 is 27.7 Å². The molecule has 98 valence electrons. The molecule has 2 nitrogen and oxygen atoms in total. The smallest absolute Gasteiger partial charge is 0.230 e. The summed E-state index contributed by atoms with van der Waals surface area (Å²) in [7, 11) is 0. The largest absolute Gasteiger partial charge is 0.351 e. The second kappa shape index (κ2) is 7.36. The molecule has 0 aliphatic carbocycles. The van der Waals surface area contributed by atoms with Crippen molar-refractivity contribution in [3.8, 4) is 0 Å². The maximum Gasteiger partial charge on any atom is 0.230 e. The molecule has 0 spiro atoms. The fourth-order valence-electron chi connectivity index (χ4n) is 1.53. The van der Waals surface area contributed by atoms with Crippen LogP contribution in [0.15, 0.2) is 64.0 Å². The highest BCUT2D eigenvalue weighted by molar-refractivity contribution is 9.10. The predicted octanol–water partition coefficient (Wildman–Crippen LogP) is 3.86. The molecule has 19 heavy (non-hydrogen) atoms. The van der Waals surface area contributed by atoms with Gasteiger partial charge in [0.05, 0.1) is 5.75 Å². The molecular weight excluding hydrogens is 322 g/mol. The third-order valence-electron chi connectivity index (χ3n) is 2.52. The number of hydrogen-bond donors (Lipinski definition) is 1. The molecule has 1 N–H and O–H groups in total. The second-order valence-electron chi connectivity index (χ2n) is 4.00. The fourth-order valence-corrected chi connectivity index (χ4v) is 2.52. The highest BCUT2D eigenvalue weighted by Crippen LogP contribution is 2.20. The number of hydrogen-bond acceptors (Lipinski definition) is 2. The molecule has 0 saturated heterocycles. The van der Waals surface area contributed by atoms with Gasteiger partial charge in [-0.05, 0) is 29.8 Å². The summed E-state index contributed by atoms with van der Waals surface area (Å²) in [6, 6.07) is 17.9. The lowest BCUT2D eigenvalue weighted by Crippen LogP contribution is -2.24. The summed E-state index contributed by atoms with van der Waals surface area (Å²) in [5.74, 6) is 0.492. The Balaban J connectivity index is 1.74. The summed E-state index contributed by atoms with van der Waals surface area (Å²) in [6.45, 7) is 0.584. The Labute approximate surface area is 125 Å². The van der Waals surface area contributed by atoms with Crippen LogP contribution in [0.2, 0.25) is 0 Å². The molecule has 0 saturated carbocycles. The average Bonchev–Trinajstić information content (AvgIpc) is 2.45. The Hall–Kier alpha value is -1.26. The highest BCUT2D eigenvalue weighted by atomic mass is 79.9. The Morgan fingerprint density at radius 1 is 1.05 bits per heavy atom. The molecule has 0 atom stereocenters. The van der Waals surface area contributed by atoms with Gasteiger partial charge in [-0.3, -0.25) is 4.79 Å². The van der Waals surface area contributed by atoms with Crippen LogP contribution in [-0.4, -0.2) is 11.7 Å². The number of rotatable bonds is 5. The van der Waals surface area contributed by atoms with E-state index in [-0.39, 0.29) is 5.91 Å². The summed E-state index contributed by atoms with van der Waals surface area (Å²) in [5.41, 5.74) is 1.12. The van der Waals surface area contributed by atoms with Crippen molar-refractivity contribution in [1.82, 2.24) is 5.32 Å². The Kier molecular flexibility index (Phi) is 5.48. The van der Waals surface area contributed by atoms with Gasteiger partial charge in [-0.2, -0.15) is 0 Å². The average molecular weight is 336 g/mol. The maximum absolute atomic E-state index is 11.7. The molecule has 2 rings (SSSR count). The second-order valence-corrected chi connectivity index (χ2v) is 5.97. The van der Waals surface area contributed by atoms with Gasteiger partial charge in [0.25, 0.3) is 0 Å². The molecular formula is C15H14BrNOS. The van der Waals surface area contributed by atoms with Crippen LogP contribution in [0.3, 0.4) is 0 Å². The zero-order valence-corrected chi connectivity index (χ0v) is 12.7. The van der Waals surface area contributed by atoms with Gasteiger partial charge in [-0.1, -0.05) is 46.3 Å². The van der Waals surface area contributed by atoms with E-state index in [1.165, 1.54) is 11.8 Å². The van der Waals surface area contributed by atoms with E-state index in [1.54, 1.807) is 0 Å². The number of amides is 1. The van der Waals surface area contributed by atoms with Crippen molar-refractivity contribution in [2.24, 2.45) is 0 Å². The van der Waals surface area contributed by atoms with E-state index in [9.17, 15) is 4.79 Å². The van der Waals surface area contributed by atoms with Crippen LogP contribution in [0.25, 0.3) is 0 Å². The van der Waals surface area contributed by atoms with E-state index in [2.05, 4.69) is 21.2 Å². The molecule has 1 amide bonds. The first-order valence-electron chi connectivity index (χ1n) is 5.93. The van der Waals surface area contributed by atoms with Gasteiger partial charge in [-0.25, -0.2) is 0 Å². The Morgan fingerprint density at radius 3 is 2.42 bits per heavy atom. The van der Waals surface area contributed by atoms with E-state index in [0.717, 1.165) is 14.9 Å². The van der Waals surface area contributed by atoms with Crippen molar-refractivity contribution in [2.45, 2.75) is 11.4 Å². The lowest BCUT2D eigenvalue weighted by molar-refractivity contribution is -0.118. The molecule has 0 bridgehead atoms. The van der Waals surface area contributed by atoms with Crippen molar-refractivity contribution >= 4 is 33.6 Å². The number of carbonyl (C=O) groups is 1. The third-order valence-corrected chi connectivity index (χ3v) is 4.06. The minimum absolute atomic E-state index is 0.0526. The van der Waals surface area contributed by atoms with Gasteiger partial charge in [0.15, 0.2) is 0 Å². The van der Waals surface area contributed by atoms with Crippen LogP contribution in [0, 0.1) is 0 Å². The minimum Gasteiger partial charge on any atom is -0.351 e. The fraction of sp³-hybridized carbons (Fsp3) is 0.133. The topological polar surface area (TPSA) is 29.1 Å². The third kappa shape index (κ3) is 5.09. The van der Waals surface area contributed by atoms with Crippen LogP contribution in [0.5, 0.6) is 0 Å². The molecule has 0 aliphatic heterocycles. The summed E-state index contributed by atoms with van der Waals surface area (Å²) >= 11 is 4.93. The first-order valence-corrected chi connectivity index (χ1v) is 7.71. The van der Waals surface area contributed by atoms with Gasteiger partial charge in [0, 0.05) is 15.9 Å².